The molecule has 2 fully saturated rings. The molecule has 0 aliphatic heterocycles. The second kappa shape index (κ2) is 9.55. The number of carbonyl (C=O) groups excluding carboxylic acids is 1. The summed E-state index contributed by atoms with van der Waals surface area (Å²) in [5, 5.41) is 9.46. The van der Waals surface area contributed by atoms with Crippen molar-refractivity contribution in [1.82, 2.24) is 4.90 Å². The minimum absolute atomic E-state index is 0.331. The average molecular weight is 358 g/mol. The number of nitrogens with zero attached hydrogens (tertiary/aromatic N) is 1. The van der Waals surface area contributed by atoms with Gasteiger partial charge in [-0.1, -0.05) is 31.4 Å². The Morgan fingerprint density at radius 1 is 1.12 bits per heavy atom. The molecule has 0 amide bonds. The molecular weight excluding hydrogens is 322 g/mol. The molecule has 1 atom stereocenters. The molecule has 26 heavy (non-hydrogen) atoms. The van der Waals surface area contributed by atoms with Crippen molar-refractivity contribution in [2.75, 3.05) is 13.1 Å². The van der Waals surface area contributed by atoms with Gasteiger partial charge in [-0.05, 0) is 75.6 Å². The fourth-order valence-corrected chi connectivity index (χ4v) is 4.31. The Kier molecular flexibility index (Phi) is 7.13. The van der Waals surface area contributed by atoms with Crippen LogP contribution in [0.15, 0.2) is 24.3 Å². The number of carbonyl (C=O) groups is 1. The minimum atomic E-state index is 0.331. The first-order chi connectivity index (χ1) is 12.6. The summed E-state index contributed by atoms with van der Waals surface area (Å²) in [4.78, 5) is 15.1. The normalized spacial score (nSPS) is 19.6. The summed E-state index contributed by atoms with van der Waals surface area (Å²) < 4.78 is 0. The molecule has 0 spiro atoms. The molecule has 3 nitrogen and oxygen atoms in total. The number of aromatic hydroxyl groups is 1. The van der Waals surface area contributed by atoms with Crippen molar-refractivity contribution < 1.29 is 9.90 Å². The monoisotopic (exact) mass is 357 g/mol. The number of hydrogen-bond acceptors (Lipinski definition) is 3. The Morgan fingerprint density at radius 3 is 2.46 bits per heavy atom. The third-order valence-electron chi connectivity index (χ3n) is 6.21. The summed E-state index contributed by atoms with van der Waals surface area (Å²) >= 11 is 0. The van der Waals surface area contributed by atoms with Crippen LogP contribution in [-0.4, -0.2) is 34.9 Å². The zero-order chi connectivity index (χ0) is 18.4. The molecule has 0 aromatic heterocycles. The number of Topliss-reactive ketones (excluding diaryl/α,β-unsaturated/α-hetero) is 1. The predicted octanol–water partition coefficient (Wildman–Crippen LogP) is 4.96. The zero-order valence-corrected chi connectivity index (χ0v) is 16.3. The van der Waals surface area contributed by atoms with Gasteiger partial charge >= 0.3 is 0 Å². The van der Waals surface area contributed by atoms with Crippen LogP contribution in [0.3, 0.4) is 0 Å². The van der Waals surface area contributed by atoms with Crippen molar-refractivity contribution in [3.05, 3.63) is 29.8 Å². The van der Waals surface area contributed by atoms with Crippen LogP contribution in [0.4, 0.5) is 0 Å². The Bertz CT molecular complexity index is 558. The van der Waals surface area contributed by atoms with Crippen LogP contribution in [0.5, 0.6) is 5.75 Å². The van der Waals surface area contributed by atoms with E-state index in [4.69, 9.17) is 0 Å². The van der Waals surface area contributed by atoms with Gasteiger partial charge < -0.3 is 10.0 Å². The first-order valence-corrected chi connectivity index (χ1v) is 10.7. The van der Waals surface area contributed by atoms with Crippen LogP contribution in [0.25, 0.3) is 0 Å². The molecule has 2 saturated carbocycles. The summed E-state index contributed by atoms with van der Waals surface area (Å²) in [6.45, 7) is 4.52. The number of hydrogen-bond donors (Lipinski definition) is 1. The van der Waals surface area contributed by atoms with Crippen molar-refractivity contribution in [2.45, 2.75) is 77.2 Å². The van der Waals surface area contributed by atoms with Gasteiger partial charge in [0.05, 0.1) is 0 Å². The predicted molar refractivity (Wildman–Crippen MR) is 106 cm³/mol. The SMILES string of the molecule is CC(Cc1ccc(O)cc1)N(CCCC(=O)C1CCCCC1)CC1CC1. The Hall–Kier alpha value is -1.35. The standard InChI is InChI=1S/C23H35NO2/c1-18(16-19-11-13-22(25)14-12-19)24(17-20-9-10-20)15-5-8-23(26)21-6-3-2-4-7-21/h11-14,18,20-21,25H,2-10,15-17H2,1H3. The highest BCUT2D eigenvalue weighted by atomic mass is 16.3. The Morgan fingerprint density at radius 2 is 1.81 bits per heavy atom. The number of phenolic OH excluding ortho intramolecular Hbond substituents is 1. The van der Waals surface area contributed by atoms with Crippen LogP contribution in [0.2, 0.25) is 0 Å². The van der Waals surface area contributed by atoms with Gasteiger partial charge in [-0.2, -0.15) is 0 Å². The van der Waals surface area contributed by atoms with Gasteiger partial charge in [0.15, 0.2) is 0 Å². The fourth-order valence-electron chi connectivity index (χ4n) is 4.31. The largest absolute Gasteiger partial charge is 0.508 e. The molecule has 1 N–H and O–H groups in total. The van der Waals surface area contributed by atoms with Crippen molar-refractivity contribution in [1.29, 1.82) is 0 Å². The molecule has 1 unspecified atom stereocenters. The van der Waals surface area contributed by atoms with E-state index in [9.17, 15) is 9.90 Å². The maximum atomic E-state index is 12.5. The molecule has 1 aromatic carbocycles. The van der Waals surface area contributed by atoms with E-state index in [0.29, 0.717) is 23.5 Å². The van der Waals surface area contributed by atoms with Gasteiger partial charge in [-0.15, -0.1) is 0 Å². The highest BCUT2D eigenvalue weighted by molar-refractivity contribution is 5.81. The molecule has 2 aliphatic rings. The van der Waals surface area contributed by atoms with E-state index in [1.807, 2.05) is 12.1 Å². The van der Waals surface area contributed by atoms with E-state index in [-0.39, 0.29) is 0 Å². The Labute approximate surface area is 158 Å². The second-order valence-corrected chi connectivity index (χ2v) is 8.56. The lowest BCUT2D eigenvalue weighted by Gasteiger charge is -2.29. The van der Waals surface area contributed by atoms with Gasteiger partial charge in [0.25, 0.3) is 0 Å². The van der Waals surface area contributed by atoms with Crippen molar-refractivity contribution in [3.8, 4) is 5.75 Å². The van der Waals surface area contributed by atoms with Crippen LogP contribution in [0.1, 0.15) is 70.3 Å². The van der Waals surface area contributed by atoms with Gasteiger partial charge in [0.1, 0.15) is 11.5 Å². The number of ketones is 1. The van der Waals surface area contributed by atoms with Crippen molar-refractivity contribution >= 4 is 5.78 Å². The van der Waals surface area contributed by atoms with E-state index in [0.717, 1.165) is 44.6 Å². The minimum Gasteiger partial charge on any atom is -0.508 e. The topological polar surface area (TPSA) is 40.5 Å². The molecule has 3 rings (SSSR count). The smallest absolute Gasteiger partial charge is 0.136 e. The molecule has 0 bridgehead atoms. The molecular formula is C23H35NO2. The number of phenols is 1. The summed E-state index contributed by atoms with van der Waals surface area (Å²) in [6, 6.07) is 8.07. The van der Waals surface area contributed by atoms with Gasteiger partial charge in [-0.25, -0.2) is 0 Å². The summed E-state index contributed by atoms with van der Waals surface area (Å²) in [6.07, 6.45) is 11.6. The third-order valence-corrected chi connectivity index (χ3v) is 6.21. The molecule has 0 radical (unpaired) electrons. The maximum absolute atomic E-state index is 12.5. The summed E-state index contributed by atoms with van der Waals surface area (Å²) in [7, 11) is 0. The third kappa shape index (κ3) is 6.12. The fraction of sp³-hybridized carbons (Fsp3) is 0.696. The first kappa shape index (κ1) is 19.4. The average Bonchev–Trinajstić information content (AvgIpc) is 3.47. The lowest BCUT2D eigenvalue weighted by Crippen LogP contribution is -2.37. The Balaban J connectivity index is 1.47. The van der Waals surface area contributed by atoms with Crippen LogP contribution in [0, 0.1) is 11.8 Å². The molecule has 2 aliphatic carbocycles. The lowest BCUT2D eigenvalue weighted by molar-refractivity contribution is -0.124. The highest BCUT2D eigenvalue weighted by Gasteiger charge is 2.27. The molecule has 1 aromatic rings. The van der Waals surface area contributed by atoms with E-state index >= 15 is 0 Å². The second-order valence-electron chi connectivity index (χ2n) is 8.56. The molecule has 0 heterocycles. The first-order valence-electron chi connectivity index (χ1n) is 10.7. The van der Waals surface area contributed by atoms with Crippen molar-refractivity contribution in [2.24, 2.45) is 11.8 Å². The molecule has 3 heteroatoms. The number of rotatable bonds is 10. The lowest BCUT2D eigenvalue weighted by atomic mass is 9.85. The molecule has 0 saturated heterocycles. The van der Waals surface area contributed by atoms with E-state index in [1.54, 1.807) is 12.1 Å². The van der Waals surface area contributed by atoms with Crippen LogP contribution < -0.4 is 0 Å². The number of benzene rings is 1. The van der Waals surface area contributed by atoms with Gasteiger partial charge in [0.2, 0.25) is 0 Å². The quantitative estimate of drug-likeness (QED) is 0.643. The van der Waals surface area contributed by atoms with Crippen LogP contribution in [-0.2, 0) is 11.2 Å². The van der Waals surface area contributed by atoms with Gasteiger partial charge in [0, 0.05) is 24.9 Å². The molecule has 144 valence electrons. The van der Waals surface area contributed by atoms with Crippen molar-refractivity contribution in [3.63, 3.8) is 0 Å². The van der Waals surface area contributed by atoms with E-state index in [2.05, 4.69) is 11.8 Å². The summed E-state index contributed by atoms with van der Waals surface area (Å²) in [5.41, 5.74) is 1.27. The van der Waals surface area contributed by atoms with Crippen LogP contribution >= 0.6 is 0 Å². The van der Waals surface area contributed by atoms with E-state index in [1.165, 1.54) is 44.2 Å². The highest BCUT2D eigenvalue weighted by Crippen LogP contribution is 2.31. The van der Waals surface area contributed by atoms with Gasteiger partial charge in [-0.3, -0.25) is 4.79 Å². The maximum Gasteiger partial charge on any atom is 0.136 e. The van der Waals surface area contributed by atoms with E-state index < -0.39 is 0 Å². The zero-order valence-electron chi connectivity index (χ0n) is 16.3. The summed E-state index contributed by atoms with van der Waals surface area (Å²) in [5.74, 6) is 2.07.